The minimum absolute atomic E-state index is 0.0811. The van der Waals surface area contributed by atoms with E-state index in [1.54, 1.807) is 4.90 Å². The number of alkyl halides is 3. The van der Waals surface area contributed by atoms with E-state index >= 15 is 0 Å². The number of hydrogen-bond acceptors (Lipinski definition) is 2. The van der Waals surface area contributed by atoms with Crippen LogP contribution < -0.4 is 4.90 Å². The first-order valence-corrected chi connectivity index (χ1v) is 7.47. The molecule has 20 heavy (non-hydrogen) atoms. The van der Waals surface area contributed by atoms with Gasteiger partial charge in [-0.1, -0.05) is 28.8 Å². The molecule has 0 aromatic heterocycles. The van der Waals surface area contributed by atoms with Crippen molar-refractivity contribution in [2.24, 2.45) is 0 Å². The second kappa shape index (κ2) is 6.35. The summed E-state index contributed by atoms with van der Waals surface area (Å²) >= 11 is 3.23. The van der Waals surface area contributed by atoms with Crippen LogP contribution in [0.25, 0.3) is 0 Å². The molecular weight excluding hydrogens is 335 g/mol. The van der Waals surface area contributed by atoms with E-state index in [-0.39, 0.29) is 24.9 Å². The number of aliphatic hydroxyl groups excluding tert-OH is 1. The summed E-state index contributed by atoms with van der Waals surface area (Å²) in [6.07, 6.45) is -0.570. The molecule has 0 unspecified atom stereocenters. The predicted molar refractivity (Wildman–Crippen MR) is 75.8 cm³/mol. The van der Waals surface area contributed by atoms with Gasteiger partial charge in [0, 0.05) is 17.1 Å². The highest BCUT2D eigenvalue weighted by atomic mass is 79.9. The molecule has 1 aliphatic rings. The van der Waals surface area contributed by atoms with Gasteiger partial charge < -0.3 is 10.0 Å². The maximum absolute atomic E-state index is 13.2. The van der Waals surface area contributed by atoms with Gasteiger partial charge in [0.15, 0.2) is 0 Å². The fourth-order valence-electron chi connectivity index (χ4n) is 2.81. The summed E-state index contributed by atoms with van der Waals surface area (Å²) in [6, 6.07) is 4.07. The van der Waals surface area contributed by atoms with Crippen molar-refractivity contribution in [2.75, 3.05) is 18.1 Å². The van der Waals surface area contributed by atoms with E-state index in [0.717, 1.165) is 31.7 Å². The van der Waals surface area contributed by atoms with Crippen molar-refractivity contribution >= 4 is 21.6 Å². The van der Waals surface area contributed by atoms with E-state index in [1.807, 2.05) is 0 Å². The molecule has 0 saturated heterocycles. The molecule has 1 aliphatic carbocycles. The lowest BCUT2D eigenvalue weighted by Crippen LogP contribution is -2.37. The first kappa shape index (κ1) is 15.6. The van der Waals surface area contributed by atoms with Gasteiger partial charge in [-0.3, -0.25) is 0 Å². The quantitative estimate of drug-likeness (QED) is 0.878. The molecule has 6 heteroatoms. The Bertz CT molecular complexity index is 458. The Morgan fingerprint density at radius 1 is 1.25 bits per heavy atom. The van der Waals surface area contributed by atoms with Crippen LogP contribution in [-0.2, 0) is 6.18 Å². The van der Waals surface area contributed by atoms with Crippen LogP contribution in [0.5, 0.6) is 0 Å². The third-order valence-corrected chi connectivity index (χ3v) is 4.17. The molecular formula is C14H17BrF3NO. The lowest BCUT2D eigenvalue weighted by Gasteiger charge is -2.33. The fourth-order valence-corrected chi connectivity index (χ4v) is 3.15. The van der Waals surface area contributed by atoms with E-state index in [4.69, 9.17) is 0 Å². The Kier molecular flexibility index (Phi) is 4.96. The summed E-state index contributed by atoms with van der Waals surface area (Å²) in [7, 11) is 0. The fraction of sp³-hybridized carbons (Fsp3) is 0.571. The van der Waals surface area contributed by atoms with Crippen LogP contribution in [0.15, 0.2) is 22.7 Å². The number of anilines is 1. The van der Waals surface area contributed by atoms with Crippen LogP contribution in [0, 0.1) is 0 Å². The molecule has 1 N–H and O–H groups in total. The number of nitrogens with zero attached hydrogens (tertiary/aromatic N) is 1. The van der Waals surface area contributed by atoms with Gasteiger partial charge in [0.1, 0.15) is 0 Å². The second-order valence-electron chi connectivity index (χ2n) is 5.01. The normalized spacial score (nSPS) is 16.6. The number of halogens is 4. The summed E-state index contributed by atoms with van der Waals surface area (Å²) in [5, 5.41) is 9.19. The van der Waals surface area contributed by atoms with Crippen molar-refractivity contribution < 1.29 is 18.3 Å². The first-order chi connectivity index (χ1) is 9.43. The molecule has 0 atom stereocenters. The summed E-state index contributed by atoms with van der Waals surface area (Å²) < 4.78 is 40.1. The van der Waals surface area contributed by atoms with Crippen LogP contribution in [0.4, 0.5) is 18.9 Å². The molecule has 0 radical (unpaired) electrons. The SMILES string of the molecule is OCCN(c1cc(Br)ccc1C(F)(F)F)C1CCCC1. The van der Waals surface area contributed by atoms with Gasteiger partial charge in [-0.2, -0.15) is 13.2 Å². The third-order valence-electron chi connectivity index (χ3n) is 3.68. The smallest absolute Gasteiger partial charge is 0.395 e. The number of rotatable bonds is 4. The minimum atomic E-state index is -4.39. The van der Waals surface area contributed by atoms with Gasteiger partial charge in [-0.05, 0) is 31.0 Å². The summed E-state index contributed by atoms with van der Waals surface area (Å²) in [4.78, 5) is 1.71. The van der Waals surface area contributed by atoms with Crippen LogP contribution in [0.1, 0.15) is 31.2 Å². The van der Waals surface area contributed by atoms with Gasteiger partial charge in [0.2, 0.25) is 0 Å². The maximum atomic E-state index is 13.2. The van der Waals surface area contributed by atoms with E-state index < -0.39 is 11.7 Å². The Morgan fingerprint density at radius 3 is 2.45 bits per heavy atom. The third kappa shape index (κ3) is 3.47. The van der Waals surface area contributed by atoms with E-state index in [9.17, 15) is 18.3 Å². The van der Waals surface area contributed by atoms with Crippen molar-refractivity contribution in [1.29, 1.82) is 0 Å². The van der Waals surface area contributed by atoms with E-state index in [1.165, 1.54) is 12.1 Å². The molecule has 1 fully saturated rings. The highest BCUT2D eigenvalue weighted by Gasteiger charge is 2.36. The van der Waals surface area contributed by atoms with Gasteiger partial charge in [-0.25, -0.2) is 0 Å². The Balaban J connectivity index is 2.42. The molecule has 1 aromatic rings. The molecule has 0 aliphatic heterocycles. The van der Waals surface area contributed by atoms with E-state index in [2.05, 4.69) is 15.9 Å². The standard InChI is InChI=1S/C14H17BrF3NO/c15-10-5-6-12(14(16,17)18)13(9-10)19(7-8-20)11-3-1-2-4-11/h5-6,9,11,20H,1-4,7-8H2. The summed E-state index contributed by atoms with van der Waals surface area (Å²) in [5.41, 5.74) is -0.478. The molecule has 1 aromatic carbocycles. The van der Waals surface area contributed by atoms with Crippen LogP contribution >= 0.6 is 15.9 Å². The Labute approximate surface area is 124 Å². The molecule has 0 heterocycles. The summed E-state index contributed by atoms with van der Waals surface area (Å²) in [6.45, 7) is 0.0739. The van der Waals surface area contributed by atoms with Crippen molar-refractivity contribution in [3.05, 3.63) is 28.2 Å². The van der Waals surface area contributed by atoms with Gasteiger partial charge in [0.25, 0.3) is 0 Å². The Hall–Kier alpha value is -0.750. The minimum Gasteiger partial charge on any atom is -0.395 e. The second-order valence-corrected chi connectivity index (χ2v) is 5.93. The lowest BCUT2D eigenvalue weighted by atomic mass is 10.1. The maximum Gasteiger partial charge on any atom is 0.418 e. The zero-order valence-electron chi connectivity index (χ0n) is 11.0. The molecule has 1 saturated carbocycles. The first-order valence-electron chi connectivity index (χ1n) is 6.67. The predicted octanol–water partition coefficient (Wildman–Crippen LogP) is 4.21. The molecule has 0 amide bonds. The van der Waals surface area contributed by atoms with Gasteiger partial charge in [0.05, 0.1) is 17.9 Å². The highest BCUT2D eigenvalue weighted by Crippen LogP contribution is 2.40. The van der Waals surface area contributed by atoms with Crippen LogP contribution in [0.3, 0.4) is 0 Å². The number of aliphatic hydroxyl groups is 1. The van der Waals surface area contributed by atoms with Crippen LogP contribution in [-0.4, -0.2) is 24.3 Å². The van der Waals surface area contributed by atoms with Gasteiger partial charge >= 0.3 is 6.18 Å². The number of hydrogen-bond donors (Lipinski definition) is 1. The molecule has 0 spiro atoms. The molecule has 2 rings (SSSR count). The van der Waals surface area contributed by atoms with Crippen molar-refractivity contribution in [3.63, 3.8) is 0 Å². The largest absolute Gasteiger partial charge is 0.418 e. The molecule has 2 nitrogen and oxygen atoms in total. The van der Waals surface area contributed by atoms with Crippen LogP contribution in [0.2, 0.25) is 0 Å². The molecule has 112 valence electrons. The van der Waals surface area contributed by atoms with E-state index in [0.29, 0.717) is 4.47 Å². The topological polar surface area (TPSA) is 23.5 Å². The van der Waals surface area contributed by atoms with Crippen molar-refractivity contribution in [3.8, 4) is 0 Å². The highest BCUT2D eigenvalue weighted by molar-refractivity contribution is 9.10. The zero-order valence-corrected chi connectivity index (χ0v) is 12.5. The Morgan fingerprint density at radius 2 is 1.90 bits per heavy atom. The lowest BCUT2D eigenvalue weighted by molar-refractivity contribution is -0.137. The monoisotopic (exact) mass is 351 g/mol. The van der Waals surface area contributed by atoms with Crippen molar-refractivity contribution in [2.45, 2.75) is 37.9 Å². The molecule has 0 bridgehead atoms. The van der Waals surface area contributed by atoms with Gasteiger partial charge in [-0.15, -0.1) is 0 Å². The average Bonchev–Trinajstić information content (AvgIpc) is 2.87. The van der Waals surface area contributed by atoms with Crippen molar-refractivity contribution in [1.82, 2.24) is 0 Å². The zero-order chi connectivity index (χ0) is 14.8. The summed E-state index contributed by atoms with van der Waals surface area (Å²) in [5.74, 6) is 0. The average molecular weight is 352 g/mol. The number of benzene rings is 1.